The highest BCUT2D eigenvalue weighted by atomic mass is 32.2. The van der Waals surface area contributed by atoms with Crippen molar-refractivity contribution in [2.75, 3.05) is 0 Å². The van der Waals surface area contributed by atoms with Crippen LogP contribution < -0.4 is 5.73 Å². The SMILES string of the molecule is NCc1cccc(S(=O)(=O)N(Cc2ccsc2)C2CC2)c1. The molecule has 3 rings (SSSR count). The van der Waals surface area contributed by atoms with Crippen LogP contribution in [0.4, 0.5) is 0 Å². The van der Waals surface area contributed by atoms with E-state index < -0.39 is 10.0 Å². The molecule has 21 heavy (non-hydrogen) atoms. The first-order valence-corrected chi connectivity index (χ1v) is 9.31. The molecule has 0 bridgehead atoms. The molecule has 0 atom stereocenters. The van der Waals surface area contributed by atoms with Crippen molar-refractivity contribution in [1.29, 1.82) is 0 Å². The lowest BCUT2D eigenvalue weighted by Crippen LogP contribution is -2.32. The van der Waals surface area contributed by atoms with Crippen LogP contribution in [0.25, 0.3) is 0 Å². The van der Waals surface area contributed by atoms with Gasteiger partial charge in [-0.15, -0.1) is 0 Å². The van der Waals surface area contributed by atoms with Crippen LogP contribution in [0.15, 0.2) is 46.0 Å². The third-order valence-electron chi connectivity index (χ3n) is 3.61. The molecule has 0 unspecified atom stereocenters. The summed E-state index contributed by atoms with van der Waals surface area (Å²) in [7, 11) is -3.46. The summed E-state index contributed by atoms with van der Waals surface area (Å²) < 4.78 is 27.4. The Kier molecular flexibility index (Phi) is 4.12. The van der Waals surface area contributed by atoms with Crippen molar-refractivity contribution in [3.8, 4) is 0 Å². The second kappa shape index (κ2) is 5.88. The lowest BCUT2D eigenvalue weighted by Gasteiger charge is -2.21. The molecule has 0 aliphatic heterocycles. The van der Waals surface area contributed by atoms with Crippen LogP contribution in [0.5, 0.6) is 0 Å². The molecular weight excluding hydrogens is 304 g/mol. The number of rotatable bonds is 6. The zero-order valence-electron chi connectivity index (χ0n) is 11.6. The highest BCUT2D eigenvalue weighted by Crippen LogP contribution is 2.33. The van der Waals surface area contributed by atoms with Crippen molar-refractivity contribution >= 4 is 21.4 Å². The summed E-state index contributed by atoms with van der Waals surface area (Å²) in [6.07, 6.45) is 1.89. The lowest BCUT2D eigenvalue weighted by atomic mass is 10.2. The Balaban J connectivity index is 1.93. The van der Waals surface area contributed by atoms with E-state index in [1.165, 1.54) is 0 Å². The minimum absolute atomic E-state index is 0.136. The molecule has 1 aromatic carbocycles. The van der Waals surface area contributed by atoms with E-state index in [1.807, 2.05) is 22.9 Å². The van der Waals surface area contributed by atoms with Gasteiger partial charge in [-0.3, -0.25) is 0 Å². The largest absolute Gasteiger partial charge is 0.326 e. The third-order valence-corrected chi connectivity index (χ3v) is 6.24. The fourth-order valence-electron chi connectivity index (χ4n) is 2.30. The van der Waals surface area contributed by atoms with Gasteiger partial charge in [0, 0.05) is 19.1 Å². The van der Waals surface area contributed by atoms with E-state index in [-0.39, 0.29) is 6.04 Å². The van der Waals surface area contributed by atoms with E-state index in [4.69, 9.17) is 5.73 Å². The van der Waals surface area contributed by atoms with Gasteiger partial charge in [0.25, 0.3) is 0 Å². The Hall–Kier alpha value is -1.21. The Morgan fingerprint density at radius 3 is 2.67 bits per heavy atom. The van der Waals surface area contributed by atoms with Crippen molar-refractivity contribution < 1.29 is 8.42 Å². The maximum absolute atomic E-state index is 12.9. The summed E-state index contributed by atoms with van der Waals surface area (Å²) in [5.74, 6) is 0. The van der Waals surface area contributed by atoms with Gasteiger partial charge < -0.3 is 5.73 Å². The highest BCUT2D eigenvalue weighted by Gasteiger charge is 2.38. The molecule has 1 aliphatic carbocycles. The van der Waals surface area contributed by atoms with Gasteiger partial charge in [0.05, 0.1) is 4.90 Å². The van der Waals surface area contributed by atoms with Crippen molar-refractivity contribution in [1.82, 2.24) is 4.31 Å². The molecule has 1 saturated carbocycles. The van der Waals surface area contributed by atoms with Crippen LogP contribution in [-0.2, 0) is 23.1 Å². The van der Waals surface area contributed by atoms with Crippen LogP contribution in [0.3, 0.4) is 0 Å². The Labute approximate surface area is 129 Å². The second-order valence-corrected chi connectivity index (χ2v) is 7.94. The Bertz CT molecular complexity index is 707. The number of sulfonamides is 1. The topological polar surface area (TPSA) is 63.4 Å². The van der Waals surface area contributed by atoms with E-state index >= 15 is 0 Å². The van der Waals surface area contributed by atoms with Crippen molar-refractivity contribution in [3.63, 3.8) is 0 Å². The summed E-state index contributed by atoms with van der Waals surface area (Å²) in [5.41, 5.74) is 7.50. The molecule has 112 valence electrons. The number of hydrogen-bond acceptors (Lipinski definition) is 4. The maximum atomic E-state index is 12.9. The monoisotopic (exact) mass is 322 g/mol. The number of nitrogens with zero attached hydrogens (tertiary/aromatic N) is 1. The average molecular weight is 322 g/mol. The van der Waals surface area contributed by atoms with Crippen LogP contribution in [0.2, 0.25) is 0 Å². The quantitative estimate of drug-likeness (QED) is 0.889. The molecule has 0 radical (unpaired) electrons. The molecule has 1 aromatic heterocycles. The van der Waals surface area contributed by atoms with Crippen molar-refractivity contribution in [3.05, 3.63) is 52.2 Å². The van der Waals surface area contributed by atoms with E-state index in [0.717, 1.165) is 24.0 Å². The first-order chi connectivity index (χ1) is 10.1. The summed E-state index contributed by atoms with van der Waals surface area (Å²) in [6.45, 7) is 0.792. The third kappa shape index (κ3) is 3.18. The predicted octanol–water partition coefficient (Wildman–Crippen LogP) is 2.56. The van der Waals surface area contributed by atoms with Crippen LogP contribution in [0.1, 0.15) is 24.0 Å². The molecule has 1 fully saturated rings. The number of hydrogen-bond donors (Lipinski definition) is 1. The van der Waals surface area contributed by atoms with E-state index in [2.05, 4.69) is 0 Å². The zero-order chi connectivity index (χ0) is 14.9. The highest BCUT2D eigenvalue weighted by molar-refractivity contribution is 7.89. The fourth-order valence-corrected chi connectivity index (χ4v) is 4.71. The van der Waals surface area contributed by atoms with Gasteiger partial charge in [-0.25, -0.2) is 8.42 Å². The molecule has 0 spiro atoms. The summed E-state index contributed by atoms with van der Waals surface area (Å²) >= 11 is 1.59. The molecule has 4 nitrogen and oxygen atoms in total. The number of thiophene rings is 1. The molecule has 1 aliphatic rings. The van der Waals surface area contributed by atoms with E-state index in [1.54, 1.807) is 33.8 Å². The number of benzene rings is 1. The van der Waals surface area contributed by atoms with Gasteiger partial charge in [0.15, 0.2) is 0 Å². The first-order valence-electron chi connectivity index (χ1n) is 6.93. The van der Waals surface area contributed by atoms with E-state index in [0.29, 0.717) is 18.0 Å². The fraction of sp³-hybridized carbons (Fsp3) is 0.333. The van der Waals surface area contributed by atoms with Crippen LogP contribution in [0, 0.1) is 0 Å². The maximum Gasteiger partial charge on any atom is 0.243 e. The summed E-state index contributed by atoms with van der Waals surface area (Å²) in [4.78, 5) is 0.340. The van der Waals surface area contributed by atoms with Gasteiger partial charge in [0.1, 0.15) is 0 Å². The zero-order valence-corrected chi connectivity index (χ0v) is 13.2. The standard InChI is InChI=1S/C15H18N2O2S2/c16-9-12-2-1-3-15(8-12)21(18,19)17(14-4-5-14)10-13-6-7-20-11-13/h1-3,6-8,11,14H,4-5,9-10,16H2. The minimum atomic E-state index is -3.46. The van der Waals surface area contributed by atoms with Gasteiger partial charge in [-0.05, 0) is 52.9 Å². The van der Waals surface area contributed by atoms with Gasteiger partial charge in [-0.2, -0.15) is 15.6 Å². The predicted molar refractivity (Wildman–Crippen MR) is 84.4 cm³/mol. The lowest BCUT2D eigenvalue weighted by molar-refractivity contribution is 0.399. The van der Waals surface area contributed by atoms with Crippen LogP contribution in [-0.4, -0.2) is 18.8 Å². The summed E-state index contributed by atoms with van der Waals surface area (Å²) in [6, 6.07) is 9.04. The average Bonchev–Trinajstić information content (AvgIpc) is 3.20. The first kappa shape index (κ1) is 14.7. The molecule has 1 heterocycles. The molecule has 0 amide bonds. The van der Waals surface area contributed by atoms with Gasteiger partial charge in [-0.1, -0.05) is 12.1 Å². The van der Waals surface area contributed by atoms with Crippen LogP contribution >= 0.6 is 11.3 Å². The van der Waals surface area contributed by atoms with Gasteiger partial charge in [0.2, 0.25) is 10.0 Å². The Morgan fingerprint density at radius 2 is 2.05 bits per heavy atom. The summed E-state index contributed by atoms with van der Waals surface area (Å²) in [5, 5.41) is 3.98. The van der Waals surface area contributed by atoms with Crippen molar-refractivity contribution in [2.45, 2.75) is 36.9 Å². The molecular formula is C15H18N2O2S2. The smallest absolute Gasteiger partial charge is 0.243 e. The van der Waals surface area contributed by atoms with E-state index in [9.17, 15) is 8.42 Å². The molecule has 6 heteroatoms. The number of nitrogens with two attached hydrogens (primary N) is 1. The molecule has 2 aromatic rings. The molecule has 0 saturated heterocycles. The second-order valence-electron chi connectivity index (χ2n) is 5.26. The molecule has 2 N–H and O–H groups in total. The Morgan fingerprint density at radius 1 is 1.24 bits per heavy atom. The van der Waals surface area contributed by atoms with Gasteiger partial charge >= 0.3 is 0 Å². The normalized spacial score (nSPS) is 15.5. The minimum Gasteiger partial charge on any atom is -0.326 e. The van der Waals surface area contributed by atoms with Crippen molar-refractivity contribution in [2.24, 2.45) is 5.73 Å².